The molecule has 4 nitrogen and oxygen atoms in total. The van der Waals surface area contributed by atoms with Crippen LogP contribution in [0.15, 0.2) is 12.1 Å². The summed E-state index contributed by atoms with van der Waals surface area (Å²) in [5, 5.41) is 0. The summed E-state index contributed by atoms with van der Waals surface area (Å²) in [6.07, 6.45) is 4.05. The number of piperazine rings is 1. The van der Waals surface area contributed by atoms with Gasteiger partial charge in [0.15, 0.2) is 0 Å². The molecule has 2 saturated carbocycles. The van der Waals surface area contributed by atoms with E-state index in [-0.39, 0.29) is 61.1 Å². The van der Waals surface area contributed by atoms with Crippen LogP contribution < -0.4 is 0 Å². The zero-order valence-corrected chi connectivity index (χ0v) is 19.7. The summed E-state index contributed by atoms with van der Waals surface area (Å²) in [6.45, 7) is 6.70. The second kappa shape index (κ2) is 9.77. The lowest BCUT2D eigenvalue weighted by atomic mass is 9.77. The van der Waals surface area contributed by atoms with Crippen LogP contribution in [0.1, 0.15) is 68.6 Å². The molecule has 0 unspecified atom stereocenters. The Hall–Kier alpha value is -1.89. The van der Waals surface area contributed by atoms with Gasteiger partial charge in [0.25, 0.3) is 0 Å². The Morgan fingerprint density at radius 2 is 1.76 bits per heavy atom. The minimum absolute atomic E-state index is 0.0821. The summed E-state index contributed by atoms with van der Waals surface area (Å²) in [4.78, 5) is 29.5. The zero-order chi connectivity index (χ0) is 23.8. The predicted molar refractivity (Wildman–Crippen MR) is 121 cm³/mol. The average Bonchev–Trinajstić information content (AvgIpc) is 3.24. The van der Waals surface area contributed by atoms with Gasteiger partial charge in [-0.2, -0.15) is 0 Å². The molecule has 2 aliphatic carbocycles. The smallest absolute Gasteiger partial charge is 0.248 e. The molecule has 1 aromatic rings. The lowest BCUT2D eigenvalue weighted by Crippen LogP contribution is -2.54. The number of hydrogen-bond acceptors (Lipinski definition) is 3. The largest absolute Gasteiger partial charge is 0.337 e. The molecule has 1 aromatic carbocycles. The molecule has 1 aliphatic heterocycles. The van der Waals surface area contributed by atoms with Gasteiger partial charge in [0, 0.05) is 63.8 Å². The van der Waals surface area contributed by atoms with Gasteiger partial charge in [-0.3, -0.25) is 14.5 Å². The maximum atomic E-state index is 14.4. The van der Waals surface area contributed by atoms with E-state index < -0.39 is 5.92 Å². The van der Waals surface area contributed by atoms with Crippen LogP contribution >= 0.6 is 0 Å². The Morgan fingerprint density at radius 3 is 2.39 bits per heavy atom. The highest BCUT2D eigenvalue weighted by Crippen LogP contribution is 2.44. The minimum atomic E-state index is -2.63. The molecule has 1 saturated heterocycles. The monoisotopic (exact) mass is 464 g/mol. The van der Waals surface area contributed by atoms with Crippen LogP contribution in [0.2, 0.25) is 0 Å². The van der Waals surface area contributed by atoms with Gasteiger partial charge in [0.1, 0.15) is 11.6 Å². The van der Waals surface area contributed by atoms with E-state index in [1.165, 1.54) is 12.1 Å². The third-order valence-electron chi connectivity index (χ3n) is 7.76. The Balaban J connectivity index is 1.35. The standard InChI is InChI=1S/C26H35F3N2O2/c1-17-15-30(7-8-31(17)25(33)20-5-3-4-6-20)16-22-11-23(27)10-21(18(22)2)12-24(32)9-19-13-26(28,29)14-19/h10-11,17,19-20H,3-9,12-16H2,1-2H3/t17-/m0/s1. The second-order valence-corrected chi connectivity index (χ2v) is 10.5. The number of alkyl halides is 2. The molecule has 4 rings (SSSR count). The highest BCUT2D eigenvalue weighted by Gasteiger charge is 2.45. The number of carbonyl (C=O) groups excluding carboxylic acids is 2. The van der Waals surface area contributed by atoms with E-state index in [1.54, 1.807) is 0 Å². The first-order valence-corrected chi connectivity index (χ1v) is 12.3. The Morgan fingerprint density at radius 1 is 1.09 bits per heavy atom. The maximum Gasteiger partial charge on any atom is 0.248 e. The fourth-order valence-corrected chi connectivity index (χ4v) is 5.83. The van der Waals surface area contributed by atoms with Crippen LogP contribution in [-0.4, -0.2) is 53.1 Å². The normalized spacial score (nSPS) is 24.2. The summed E-state index contributed by atoms with van der Waals surface area (Å²) < 4.78 is 40.5. The summed E-state index contributed by atoms with van der Waals surface area (Å²) >= 11 is 0. The highest BCUT2D eigenvalue weighted by molar-refractivity contribution is 5.81. The number of Topliss-reactive ketones (excluding diaryl/α,β-unsaturated/α-hetero) is 1. The van der Waals surface area contributed by atoms with Crippen molar-refractivity contribution in [3.05, 3.63) is 34.6 Å². The van der Waals surface area contributed by atoms with E-state index in [1.807, 2.05) is 11.8 Å². The second-order valence-electron chi connectivity index (χ2n) is 10.5. The number of hydrogen-bond donors (Lipinski definition) is 0. The first-order chi connectivity index (χ1) is 15.6. The summed E-state index contributed by atoms with van der Waals surface area (Å²) in [5.41, 5.74) is 2.38. The van der Waals surface area contributed by atoms with Crippen molar-refractivity contribution in [2.24, 2.45) is 11.8 Å². The predicted octanol–water partition coefficient (Wildman–Crippen LogP) is 4.90. The number of halogens is 3. The van der Waals surface area contributed by atoms with E-state index in [2.05, 4.69) is 11.8 Å². The molecule has 33 heavy (non-hydrogen) atoms. The zero-order valence-electron chi connectivity index (χ0n) is 19.7. The van der Waals surface area contributed by atoms with Crippen molar-refractivity contribution in [1.29, 1.82) is 0 Å². The van der Waals surface area contributed by atoms with Gasteiger partial charge in [-0.05, 0) is 61.4 Å². The Bertz CT molecular complexity index is 890. The van der Waals surface area contributed by atoms with Crippen LogP contribution in [0.5, 0.6) is 0 Å². The average molecular weight is 465 g/mol. The molecule has 182 valence electrons. The van der Waals surface area contributed by atoms with Gasteiger partial charge in [0.2, 0.25) is 11.8 Å². The van der Waals surface area contributed by atoms with E-state index >= 15 is 0 Å². The molecule has 0 aromatic heterocycles. The van der Waals surface area contributed by atoms with Crippen LogP contribution in [0.4, 0.5) is 13.2 Å². The van der Waals surface area contributed by atoms with E-state index in [4.69, 9.17) is 0 Å². The molecule has 0 bridgehead atoms. The van der Waals surface area contributed by atoms with Gasteiger partial charge in [-0.15, -0.1) is 0 Å². The fourth-order valence-electron chi connectivity index (χ4n) is 5.83. The molecular formula is C26H35F3N2O2. The lowest BCUT2D eigenvalue weighted by molar-refractivity contribution is -0.140. The molecule has 1 amide bonds. The third-order valence-corrected chi connectivity index (χ3v) is 7.76. The van der Waals surface area contributed by atoms with Crippen LogP contribution in [-0.2, 0) is 22.6 Å². The maximum absolute atomic E-state index is 14.4. The molecule has 3 fully saturated rings. The number of rotatable bonds is 7. The minimum Gasteiger partial charge on any atom is -0.337 e. The summed E-state index contributed by atoms with van der Waals surface area (Å²) in [5.74, 6) is -2.91. The molecule has 3 aliphatic rings. The number of carbonyl (C=O) groups is 2. The van der Waals surface area contributed by atoms with Crippen molar-refractivity contribution >= 4 is 11.7 Å². The Kier molecular flexibility index (Phi) is 7.18. The van der Waals surface area contributed by atoms with E-state index in [0.717, 1.165) is 49.9 Å². The highest BCUT2D eigenvalue weighted by atomic mass is 19.3. The quantitative estimate of drug-likeness (QED) is 0.576. The van der Waals surface area contributed by atoms with Gasteiger partial charge < -0.3 is 4.90 Å². The van der Waals surface area contributed by atoms with Crippen molar-refractivity contribution in [3.8, 4) is 0 Å². The van der Waals surface area contributed by atoms with Crippen molar-refractivity contribution in [2.45, 2.75) is 83.7 Å². The topological polar surface area (TPSA) is 40.6 Å². The first-order valence-electron chi connectivity index (χ1n) is 12.3. The SMILES string of the molecule is Cc1c(CC(=O)CC2CC(F)(F)C2)cc(F)cc1CN1CCN(C(=O)C2CCCC2)[C@@H](C)C1. The van der Waals surface area contributed by atoms with Gasteiger partial charge in [-0.25, -0.2) is 13.2 Å². The van der Waals surface area contributed by atoms with Crippen LogP contribution in [0, 0.1) is 24.6 Å². The summed E-state index contributed by atoms with van der Waals surface area (Å²) in [7, 11) is 0. The van der Waals surface area contributed by atoms with Gasteiger partial charge in [-0.1, -0.05) is 12.8 Å². The molecule has 1 heterocycles. The van der Waals surface area contributed by atoms with Crippen LogP contribution in [0.3, 0.4) is 0 Å². The van der Waals surface area contributed by atoms with E-state index in [0.29, 0.717) is 18.7 Å². The lowest BCUT2D eigenvalue weighted by Gasteiger charge is -2.41. The number of nitrogens with zero attached hydrogens (tertiary/aromatic N) is 2. The third kappa shape index (κ3) is 5.79. The molecule has 0 radical (unpaired) electrons. The molecule has 0 N–H and O–H groups in total. The molecule has 0 spiro atoms. The molecular weight excluding hydrogens is 429 g/mol. The number of ketones is 1. The first kappa shape index (κ1) is 24.2. The number of amides is 1. The van der Waals surface area contributed by atoms with Gasteiger partial charge >= 0.3 is 0 Å². The Labute approximate surface area is 194 Å². The van der Waals surface area contributed by atoms with Gasteiger partial charge in [0.05, 0.1) is 0 Å². The molecule has 7 heteroatoms. The molecule has 1 atom stereocenters. The van der Waals surface area contributed by atoms with Crippen LogP contribution in [0.25, 0.3) is 0 Å². The van der Waals surface area contributed by atoms with Crippen molar-refractivity contribution in [2.75, 3.05) is 19.6 Å². The van der Waals surface area contributed by atoms with Crippen molar-refractivity contribution in [3.63, 3.8) is 0 Å². The van der Waals surface area contributed by atoms with E-state index in [9.17, 15) is 22.8 Å². The van der Waals surface area contributed by atoms with Crippen molar-refractivity contribution < 1.29 is 22.8 Å². The number of benzene rings is 1. The van der Waals surface area contributed by atoms with Crippen molar-refractivity contribution in [1.82, 2.24) is 9.80 Å². The summed E-state index contributed by atoms with van der Waals surface area (Å²) in [6, 6.07) is 3.03. The fraction of sp³-hybridized carbons (Fsp3) is 0.692.